The molecule has 0 saturated carbocycles. The van der Waals surface area contributed by atoms with Gasteiger partial charge >= 0.3 is 0 Å². The molecular weight excluding hydrogens is 318 g/mol. The fourth-order valence-corrected chi connectivity index (χ4v) is 1.98. The fraction of sp³-hybridized carbons (Fsp3) is 0.143. The summed E-state index contributed by atoms with van der Waals surface area (Å²) in [4.78, 5) is 0. The summed E-state index contributed by atoms with van der Waals surface area (Å²) in [5.74, 6) is -0.799. The van der Waals surface area contributed by atoms with Crippen LogP contribution in [0.4, 0.5) is 8.78 Å². The number of hydrogen-bond acceptors (Lipinski definition) is 2. The SMILES string of the molecule is C[C@@H](O)c1cccc(F)c1Oc1ccc(F)c(Br)c1. The Morgan fingerprint density at radius 2 is 1.89 bits per heavy atom. The van der Waals surface area contributed by atoms with Crippen molar-refractivity contribution in [3.8, 4) is 11.5 Å². The van der Waals surface area contributed by atoms with Gasteiger partial charge in [-0.25, -0.2) is 8.78 Å². The van der Waals surface area contributed by atoms with E-state index in [1.54, 1.807) is 6.07 Å². The Hall–Kier alpha value is -1.46. The molecule has 0 unspecified atom stereocenters. The van der Waals surface area contributed by atoms with E-state index in [4.69, 9.17) is 4.74 Å². The lowest BCUT2D eigenvalue weighted by atomic mass is 10.1. The van der Waals surface area contributed by atoms with Crippen molar-refractivity contribution in [2.75, 3.05) is 0 Å². The number of para-hydroxylation sites is 1. The molecule has 0 bridgehead atoms. The second-order valence-corrected chi connectivity index (χ2v) is 4.87. The van der Waals surface area contributed by atoms with Gasteiger partial charge in [-0.2, -0.15) is 0 Å². The van der Waals surface area contributed by atoms with Crippen LogP contribution in [0.5, 0.6) is 11.5 Å². The molecule has 100 valence electrons. The molecule has 1 N–H and O–H groups in total. The van der Waals surface area contributed by atoms with E-state index in [0.717, 1.165) is 0 Å². The first kappa shape index (κ1) is 14.0. The van der Waals surface area contributed by atoms with Crippen LogP contribution in [0.15, 0.2) is 40.9 Å². The molecule has 0 saturated heterocycles. The Labute approximate surface area is 117 Å². The second-order valence-electron chi connectivity index (χ2n) is 4.01. The summed E-state index contributed by atoms with van der Waals surface area (Å²) >= 11 is 3.03. The average molecular weight is 329 g/mol. The summed E-state index contributed by atoms with van der Waals surface area (Å²) in [5.41, 5.74) is 0.334. The molecule has 0 radical (unpaired) electrons. The number of aliphatic hydroxyl groups excluding tert-OH is 1. The zero-order chi connectivity index (χ0) is 14.0. The third-order valence-electron chi connectivity index (χ3n) is 2.56. The molecule has 0 aromatic heterocycles. The summed E-state index contributed by atoms with van der Waals surface area (Å²) in [6.45, 7) is 1.52. The fourth-order valence-electron chi connectivity index (χ4n) is 1.62. The van der Waals surface area contributed by atoms with Crippen molar-refractivity contribution in [2.24, 2.45) is 0 Å². The van der Waals surface area contributed by atoms with Crippen molar-refractivity contribution in [2.45, 2.75) is 13.0 Å². The van der Waals surface area contributed by atoms with Gasteiger partial charge in [0.05, 0.1) is 10.6 Å². The van der Waals surface area contributed by atoms with E-state index in [2.05, 4.69) is 15.9 Å². The Balaban J connectivity index is 2.40. The van der Waals surface area contributed by atoms with Gasteiger partial charge in [-0.3, -0.25) is 0 Å². The number of ether oxygens (including phenoxy) is 1. The molecule has 0 aliphatic rings. The molecule has 0 aliphatic carbocycles. The van der Waals surface area contributed by atoms with Crippen molar-refractivity contribution >= 4 is 15.9 Å². The van der Waals surface area contributed by atoms with Gasteiger partial charge in [0, 0.05) is 5.56 Å². The molecule has 0 spiro atoms. The molecule has 0 fully saturated rings. The zero-order valence-electron chi connectivity index (χ0n) is 10.0. The van der Waals surface area contributed by atoms with E-state index in [0.29, 0.717) is 5.56 Å². The maximum atomic E-state index is 13.8. The normalized spacial score (nSPS) is 12.3. The first-order valence-corrected chi connectivity index (χ1v) is 6.37. The monoisotopic (exact) mass is 328 g/mol. The van der Waals surface area contributed by atoms with Gasteiger partial charge in [-0.1, -0.05) is 12.1 Å². The van der Waals surface area contributed by atoms with Gasteiger partial charge < -0.3 is 9.84 Å². The third kappa shape index (κ3) is 3.11. The van der Waals surface area contributed by atoms with Crippen LogP contribution in [0, 0.1) is 11.6 Å². The van der Waals surface area contributed by atoms with Crippen LogP contribution >= 0.6 is 15.9 Å². The van der Waals surface area contributed by atoms with Crippen LogP contribution in [0.2, 0.25) is 0 Å². The highest BCUT2D eigenvalue weighted by molar-refractivity contribution is 9.10. The van der Waals surface area contributed by atoms with Crippen molar-refractivity contribution in [3.05, 3.63) is 58.1 Å². The minimum Gasteiger partial charge on any atom is -0.454 e. The number of rotatable bonds is 3. The maximum absolute atomic E-state index is 13.8. The molecule has 19 heavy (non-hydrogen) atoms. The Kier molecular flexibility index (Phi) is 4.17. The van der Waals surface area contributed by atoms with Gasteiger partial charge in [0.1, 0.15) is 11.6 Å². The van der Waals surface area contributed by atoms with Crippen LogP contribution in [0.3, 0.4) is 0 Å². The maximum Gasteiger partial charge on any atom is 0.168 e. The third-order valence-corrected chi connectivity index (χ3v) is 3.17. The first-order valence-electron chi connectivity index (χ1n) is 5.58. The largest absolute Gasteiger partial charge is 0.454 e. The summed E-state index contributed by atoms with van der Waals surface area (Å²) in [5, 5.41) is 9.59. The van der Waals surface area contributed by atoms with Crippen LogP contribution in [0.1, 0.15) is 18.6 Å². The Morgan fingerprint density at radius 1 is 1.16 bits per heavy atom. The number of aliphatic hydroxyl groups is 1. The minimum absolute atomic E-state index is 0.0593. The molecule has 2 aromatic rings. The average Bonchev–Trinajstić information content (AvgIpc) is 2.36. The molecule has 2 aromatic carbocycles. The van der Waals surface area contributed by atoms with E-state index in [9.17, 15) is 13.9 Å². The first-order chi connectivity index (χ1) is 8.99. The quantitative estimate of drug-likeness (QED) is 0.894. The lowest BCUT2D eigenvalue weighted by Crippen LogP contribution is -1.98. The second kappa shape index (κ2) is 5.67. The molecule has 2 nitrogen and oxygen atoms in total. The van der Waals surface area contributed by atoms with E-state index >= 15 is 0 Å². The lowest BCUT2D eigenvalue weighted by molar-refractivity contribution is 0.194. The van der Waals surface area contributed by atoms with Crippen LogP contribution in [-0.4, -0.2) is 5.11 Å². The standard InChI is InChI=1S/C14H11BrF2O2/c1-8(18)10-3-2-4-13(17)14(10)19-9-5-6-12(16)11(15)7-9/h2-8,18H,1H3/t8-/m1/s1. The minimum atomic E-state index is -0.866. The topological polar surface area (TPSA) is 29.5 Å². The van der Waals surface area contributed by atoms with Gasteiger partial charge in [0.15, 0.2) is 11.6 Å². The van der Waals surface area contributed by atoms with Gasteiger partial charge in [-0.15, -0.1) is 0 Å². The van der Waals surface area contributed by atoms with Crippen molar-refractivity contribution in [1.82, 2.24) is 0 Å². The van der Waals surface area contributed by atoms with Crippen LogP contribution in [-0.2, 0) is 0 Å². The van der Waals surface area contributed by atoms with E-state index < -0.39 is 17.7 Å². The predicted molar refractivity (Wildman–Crippen MR) is 71.2 cm³/mol. The highest BCUT2D eigenvalue weighted by atomic mass is 79.9. The zero-order valence-corrected chi connectivity index (χ0v) is 11.6. The molecule has 5 heteroatoms. The number of hydrogen-bond donors (Lipinski definition) is 1. The molecule has 0 heterocycles. The molecule has 1 atom stereocenters. The van der Waals surface area contributed by atoms with Gasteiger partial charge in [-0.05, 0) is 47.1 Å². The van der Waals surface area contributed by atoms with Crippen LogP contribution in [0.25, 0.3) is 0 Å². The van der Waals surface area contributed by atoms with Crippen molar-refractivity contribution in [3.63, 3.8) is 0 Å². The Morgan fingerprint density at radius 3 is 2.53 bits per heavy atom. The number of halogens is 3. The van der Waals surface area contributed by atoms with E-state index in [1.165, 1.54) is 37.3 Å². The molecule has 0 aliphatic heterocycles. The highest BCUT2D eigenvalue weighted by Gasteiger charge is 2.15. The van der Waals surface area contributed by atoms with Crippen LogP contribution < -0.4 is 4.74 Å². The summed E-state index contributed by atoms with van der Waals surface area (Å²) in [7, 11) is 0. The molecular formula is C14H11BrF2O2. The van der Waals surface area contributed by atoms with E-state index in [1.807, 2.05) is 0 Å². The molecule has 2 rings (SSSR count). The lowest BCUT2D eigenvalue weighted by Gasteiger charge is -2.14. The molecule has 0 amide bonds. The highest BCUT2D eigenvalue weighted by Crippen LogP contribution is 2.33. The Bertz CT molecular complexity index is 600. The summed E-state index contributed by atoms with van der Waals surface area (Å²) in [6.07, 6.45) is -0.866. The van der Waals surface area contributed by atoms with Gasteiger partial charge in [0.2, 0.25) is 0 Å². The smallest absolute Gasteiger partial charge is 0.168 e. The number of benzene rings is 2. The van der Waals surface area contributed by atoms with Gasteiger partial charge in [0.25, 0.3) is 0 Å². The van der Waals surface area contributed by atoms with Crippen molar-refractivity contribution in [1.29, 1.82) is 0 Å². The van der Waals surface area contributed by atoms with Crippen molar-refractivity contribution < 1.29 is 18.6 Å². The van der Waals surface area contributed by atoms with E-state index in [-0.39, 0.29) is 16.0 Å². The summed E-state index contributed by atoms with van der Waals surface area (Å²) in [6, 6.07) is 8.29. The predicted octanol–water partition coefficient (Wildman–Crippen LogP) is 4.57. The summed E-state index contributed by atoms with van der Waals surface area (Å²) < 4.78 is 32.5.